The van der Waals surface area contributed by atoms with Crippen molar-refractivity contribution in [2.75, 3.05) is 6.54 Å². The molecular weight excluding hydrogens is 342 g/mol. The lowest BCUT2D eigenvalue weighted by Gasteiger charge is -2.19. The molecule has 0 unspecified atom stereocenters. The fourth-order valence-corrected chi connectivity index (χ4v) is 3.61. The molecule has 1 spiro atoms. The molecule has 2 N–H and O–H groups in total. The third-order valence-electron chi connectivity index (χ3n) is 4.89. The zero-order chi connectivity index (χ0) is 17.9. The summed E-state index contributed by atoms with van der Waals surface area (Å²) in [6, 6.07) is 6.95. The molecule has 1 heterocycles. The van der Waals surface area contributed by atoms with Crippen LogP contribution in [0.15, 0.2) is 24.3 Å². The molecule has 25 heavy (non-hydrogen) atoms. The number of halogens is 1. The summed E-state index contributed by atoms with van der Waals surface area (Å²) in [7, 11) is 0. The number of benzene rings is 1. The molecule has 134 valence electrons. The van der Waals surface area contributed by atoms with Gasteiger partial charge in [-0.25, -0.2) is 4.79 Å². The maximum absolute atomic E-state index is 12.5. The number of hydrogen-bond acceptors (Lipinski definition) is 3. The number of nitrogens with zero attached hydrogens (tertiary/aromatic N) is 1. The Labute approximate surface area is 151 Å². The molecular formula is C18H22ClN3O3. The van der Waals surface area contributed by atoms with Gasteiger partial charge in [-0.1, -0.05) is 36.6 Å². The van der Waals surface area contributed by atoms with Gasteiger partial charge in [0.05, 0.1) is 0 Å². The minimum Gasteiger partial charge on any atom is -0.352 e. The number of hydrogen-bond donors (Lipinski definition) is 2. The van der Waals surface area contributed by atoms with E-state index in [1.54, 1.807) is 12.1 Å². The molecule has 0 radical (unpaired) electrons. The number of urea groups is 1. The minimum absolute atomic E-state index is 0.0995. The molecule has 0 bridgehead atoms. The third kappa shape index (κ3) is 3.95. The molecule has 0 atom stereocenters. The molecule has 2 aliphatic rings. The maximum atomic E-state index is 12.5. The molecule has 1 aliphatic carbocycles. The summed E-state index contributed by atoms with van der Waals surface area (Å²) < 4.78 is 0. The summed E-state index contributed by atoms with van der Waals surface area (Å²) >= 11 is 5.82. The Bertz CT molecular complexity index is 669. The minimum atomic E-state index is -0.673. The van der Waals surface area contributed by atoms with Crippen LogP contribution in [0.25, 0.3) is 0 Å². The summed E-state index contributed by atoms with van der Waals surface area (Å²) in [5, 5.41) is 6.33. The van der Waals surface area contributed by atoms with Gasteiger partial charge in [-0.2, -0.15) is 0 Å². The van der Waals surface area contributed by atoms with Crippen LogP contribution in [0.2, 0.25) is 5.02 Å². The van der Waals surface area contributed by atoms with Crippen LogP contribution in [0, 0.1) is 0 Å². The normalized spacial score (nSPS) is 18.7. The van der Waals surface area contributed by atoms with Crippen molar-refractivity contribution < 1.29 is 14.4 Å². The molecule has 0 aromatic heterocycles. The Kier molecular flexibility index (Phi) is 5.27. The van der Waals surface area contributed by atoms with Gasteiger partial charge >= 0.3 is 6.03 Å². The monoisotopic (exact) mass is 363 g/mol. The molecule has 7 heteroatoms. The zero-order valence-electron chi connectivity index (χ0n) is 14.0. The highest BCUT2D eigenvalue weighted by molar-refractivity contribution is 6.30. The number of amides is 4. The van der Waals surface area contributed by atoms with E-state index in [2.05, 4.69) is 10.6 Å². The highest BCUT2D eigenvalue weighted by Crippen LogP contribution is 2.35. The summed E-state index contributed by atoms with van der Waals surface area (Å²) in [6.07, 6.45) is 4.10. The molecule has 1 aromatic carbocycles. The molecule has 3 rings (SSSR count). The molecule has 1 saturated heterocycles. The van der Waals surface area contributed by atoms with Crippen LogP contribution >= 0.6 is 11.6 Å². The molecule has 4 amide bonds. The summed E-state index contributed by atoms with van der Waals surface area (Å²) in [5.74, 6) is -0.228. The van der Waals surface area contributed by atoms with Gasteiger partial charge in [0.2, 0.25) is 5.91 Å². The van der Waals surface area contributed by atoms with Crippen LogP contribution < -0.4 is 10.6 Å². The second-order valence-corrected chi connectivity index (χ2v) is 7.12. The number of carbonyl (C=O) groups is 3. The van der Waals surface area contributed by atoms with E-state index in [1.165, 1.54) is 4.90 Å². The lowest BCUT2D eigenvalue weighted by atomic mass is 9.98. The van der Waals surface area contributed by atoms with Crippen LogP contribution in [0.5, 0.6) is 0 Å². The summed E-state index contributed by atoms with van der Waals surface area (Å²) in [4.78, 5) is 37.7. The quantitative estimate of drug-likeness (QED) is 0.762. The number of imide groups is 1. The number of nitrogens with one attached hydrogen (secondary N) is 2. The Morgan fingerprint density at radius 2 is 1.88 bits per heavy atom. The number of carbonyl (C=O) groups excluding carboxylic acids is 3. The highest BCUT2D eigenvalue weighted by atomic mass is 35.5. The van der Waals surface area contributed by atoms with E-state index in [0.29, 0.717) is 18.0 Å². The van der Waals surface area contributed by atoms with E-state index in [-0.39, 0.29) is 30.8 Å². The van der Waals surface area contributed by atoms with Crippen LogP contribution in [-0.4, -0.2) is 34.8 Å². The molecule has 1 aliphatic heterocycles. The van der Waals surface area contributed by atoms with E-state index in [0.717, 1.165) is 31.2 Å². The van der Waals surface area contributed by atoms with Crippen molar-refractivity contribution in [3.63, 3.8) is 0 Å². The Balaban J connectivity index is 1.41. The predicted octanol–water partition coefficient (Wildman–Crippen LogP) is 2.60. The first-order chi connectivity index (χ1) is 12.0. The smallest absolute Gasteiger partial charge is 0.325 e. The standard InChI is InChI=1S/C18H22ClN3O3/c19-14-7-5-13(6-8-14)12-20-15(23)4-3-11-22-16(24)18(21-17(22)25)9-1-2-10-18/h5-8H,1-4,9-12H2,(H,20,23)(H,21,25). The topological polar surface area (TPSA) is 78.5 Å². The molecule has 2 fully saturated rings. The second kappa shape index (κ2) is 7.44. The second-order valence-electron chi connectivity index (χ2n) is 6.68. The van der Waals surface area contributed by atoms with E-state index in [4.69, 9.17) is 11.6 Å². The first-order valence-electron chi connectivity index (χ1n) is 8.65. The van der Waals surface area contributed by atoms with Crippen LogP contribution in [-0.2, 0) is 16.1 Å². The number of rotatable bonds is 6. The van der Waals surface area contributed by atoms with Gasteiger partial charge in [-0.05, 0) is 37.0 Å². The van der Waals surface area contributed by atoms with E-state index >= 15 is 0 Å². The third-order valence-corrected chi connectivity index (χ3v) is 5.14. The summed E-state index contributed by atoms with van der Waals surface area (Å²) in [6.45, 7) is 0.711. The van der Waals surface area contributed by atoms with Crippen molar-refractivity contribution in [3.05, 3.63) is 34.9 Å². The predicted molar refractivity (Wildman–Crippen MR) is 94.0 cm³/mol. The van der Waals surface area contributed by atoms with Crippen LogP contribution in [0.3, 0.4) is 0 Å². The van der Waals surface area contributed by atoms with Gasteiger partial charge in [0.25, 0.3) is 5.91 Å². The largest absolute Gasteiger partial charge is 0.352 e. The van der Waals surface area contributed by atoms with Crippen molar-refractivity contribution in [3.8, 4) is 0 Å². The lowest BCUT2D eigenvalue weighted by Crippen LogP contribution is -2.44. The fraction of sp³-hybridized carbons (Fsp3) is 0.500. The zero-order valence-corrected chi connectivity index (χ0v) is 14.8. The van der Waals surface area contributed by atoms with Gasteiger partial charge < -0.3 is 10.6 Å². The van der Waals surface area contributed by atoms with Gasteiger partial charge in [0.15, 0.2) is 0 Å². The lowest BCUT2D eigenvalue weighted by molar-refractivity contribution is -0.131. The molecule has 1 aromatic rings. The Morgan fingerprint density at radius 1 is 1.20 bits per heavy atom. The maximum Gasteiger partial charge on any atom is 0.325 e. The van der Waals surface area contributed by atoms with E-state index < -0.39 is 5.54 Å². The van der Waals surface area contributed by atoms with Crippen molar-refractivity contribution in [2.24, 2.45) is 0 Å². The molecule has 1 saturated carbocycles. The SMILES string of the molecule is O=C(CCCN1C(=O)NC2(CCCC2)C1=O)NCc1ccc(Cl)cc1. The van der Waals surface area contributed by atoms with Gasteiger partial charge in [0, 0.05) is 24.5 Å². The van der Waals surface area contributed by atoms with Crippen molar-refractivity contribution in [1.82, 2.24) is 15.5 Å². The van der Waals surface area contributed by atoms with Gasteiger partial charge in [0.1, 0.15) is 5.54 Å². The van der Waals surface area contributed by atoms with Crippen molar-refractivity contribution in [2.45, 2.75) is 50.6 Å². The average molecular weight is 364 g/mol. The highest BCUT2D eigenvalue weighted by Gasteiger charge is 2.51. The Hall–Kier alpha value is -2.08. The van der Waals surface area contributed by atoms with Crippen molar-refractivity contribution in [1.29, 1.82) is 0 Å². The fourth-order valence-electron chi connectivity index (χ4n) is 3.49. The van der Waals surface area contributed by atoms with Crippen LogP contribution in [0.1, 0.15) is 44.1 Å². The average Bonchev–Trinajstić information content (AvgIpc) is 3.15. The Morgan fingerprint density at radius 3 is 2.56 bits per heavy atom. The summed E-state index contributed by atoms with van der Waals surface area (Å²) in [5.41, 5.74) is 0.295. The van der Waals surface area contributed by atoms with Gasteiger partial charge in [-0.15, -0.1) is 0 Å². The van der Waals surface area contributed by atoms with Crippen LogP contribution in [0.4, 0.5) is 4.79 Å². The van der Waals surface area contributed by atoms with E-state index in [1.807, 2.05) is 12.1 Å². The molecule has 6 nitrogen and oxygen atoms in total. The first-order valence-corrected chi connectivity index (χ1v) is 9.03. The van der Waals surface area contributed by atoms with Crippen molar-refractivity contribution >= 4 is 29.4 Å². The first kappa shape index (κ1) is 17.7. The van der Waals surface area contributed by atoms with E-state index in [9.17, 15) is 14.4 Å². The van der Waals surface area contributed by atoms with Gasteiger partial charge in [-0.3, -0.25) is 14.5 Å².